The molecule has 1 heterocycles. The quantitative estimate of drug-likeness (QED) is 0.552. The zero-order chi connectivity index (χ0) is 7.56. The maximum atomic E-state index is 9.15. The van der Waals surface area contributed by atoms with Crippen molar-refractivity contribution in [3.8, 4) is 0 Å². The van der Waals surface area contributed by atoms with Crippen LogP contribution in [0.15, 0.2) is 0 Å². The highest BCUT2D eigenvalue weighted by Gasteiger charge is 2.26. The maximum absolute atomic E-state index is 9.15. The van der Waals surface area contributed by atoms with Crippen LogP contribution in [0.25, 0.3) is 0 Å². The standard InChI is InChI=1S/C7H14O3/c1-2-5-3-6(8)4-10-7(5)9/h5-9H,2-4H2,1H3/t5-,6+,7+/m1/s1. The summed E-state index contributed by atoms with van der Waals surface area (Å²) < 4.78 is 4.90. The van der Waals surface area contributed by atoms with E-state index in [0.717, 1.165) is 6.42 Å². The molecule has 1 saturated heterocycles. The van der Waals surface area contributed by atoms with E-state index in [1.807, 2.05) is 6.92 Å². The summed E-state index contributed by atoms with van der Waals surface area (Å²) in [6, 6.07) is 0. The third-order valence-electron chi connectivity index (χ3n) is 1.96. The molecule has 0 unspecified atom stereocenters. The molecule has 0 spiro atoms. The van der Waals surface area contributed by atoms with Gasteiger partial charge in [-0.2, -0.15) is 0 Å². The van der Waals surface area contributed by atoms with Crippen LogP contribution >= 0.6 is 0 Å². The SMILES string of the molecule is CC[C@@H]1C[C@H](O)CO[C@@H]1O. The molecular weight excluding hydrogens is 132 g/mol. The molecule has 0 aliphatic carbocycles. The Morgan fingerprint density at radius 2 is 2.20 bits per heavy atom. The Morgan fingerprint density at radius 3 is 2.70 bits per heavy atom. The normalized spacial score (nSPS) is 41.7. The second-order valence-electron chi connectivity index (χ2n) is 2.78. The van der Waals surface area contributed by atoms with Gasteiger partial charge in [-0.3, -0.25) is 0 Å². The van der Waals surface area contributed by atoms with Crippen molar-refractivity contribution in [2.24, 2.45) is 5.92 Å². The molecule has 0 aromatic rings. The van der Waals surface area contributed by atoms with E-state index in [-0.39, 0.29) is 18.6 Å². The summed E-state index contributed by atoms with van der Waals surface area (Å²) in [6.45, 7) is 2.26. The summed E-state index contributed by atoms with van der Waals surface area (Å²) >= 11 is 0. The van der Waals surface area contributed by atoms with Gasteiger partial charge in [0.15, 0.2) is 6.29 Å². The topological polar surface area (TPSA) is 49.7 Å². The monoisotopic (exact) mass is 146 g/mol. The predicted molar refractivity (Wildman–Crippen MR) is 36.4 cm³/mol. The summed E-state index contributed by atoms with van der Waals surface area (Å²) in [5.74, 6) is 0.115. The molecule has 1 fully saturated rings. The van der Waals surface area contributed by atoms with E-state index in [1.54, 1.807) is 0 Å². The molecule has 60 valence electrons. The van der Waals surface area contributed by atoms with Crippen LogP contribution in [-0.2, 0) is 4.74 Å². The van der Waals surface area contributed by atoms with E-state index in [2.05, 4.69) is 0 Å². The maximum Gasteiger partial charge on any atom is 0.157 e. The van der Waals surface area contributed by atoms with Crippen molar-refractivity contribution >= 4 is 0 Å². The van der Waals surface area contributed by atoms with Crippen LogP contribution in [-0.4, -0.2) is 29.2 Å². The molecule has 10 heavy (non-hydrogen) atoms. The number of hydrogen-bond acceptors (Lipinski definition) is 3. The summed E-state index contributed by atoms with van der Waals surface area (Å²) in [4.78, 5) is 0. The first kappa shape index (κ1) is 7.98. The fourth-order valence-corrected chi connectivity index (χ4v) is 1.25. The van der Waals surface area contributed by atoms with Crippen molar-refractivity contribution in [1.82, 2.24) is 0 Å². The van der Waals surface area contributed by atoms with Gasteiger partial charge in [-0.25, -0.2) is 0 Å². The molecule has 0 saturated carbocycles. The second kappa shape index (κ2) is 3.32. The smallest absolute Gasteiger partial charge is 0.157 e. The lowest BCUT2D eigenvalue weighted by Gasteiger charge is -2.29. The summed E-state index contributed by atoms with van der Waals surface area (Å²) in [5.41, 5.74) is 0. The van der Waals surface area contributed by atoms with Crippen LogP contribution in [0.2, 0.25) is 0 Å². The highest BCUT2D eigenvalue weighted by atomic mass is 16.6. The highest BCUT2D eigenvalue weighted by molar-refractivity contribution is 4.70. The van der Waals surface area contributed by atoms with Crippen LogP contribution in [0.3, 0.4) is 0 Å². The van der Waals surface area contributed by atoms with Gasteiger partial charge in [-0.15, -0.1) is 0 Å². The molecule has 1 aliphatic rings. The zero-order valence-corrected chi connectivity index (χ0v) is 6.16. The molecule has 1 aliphatic heterocycles. The fraction of sp³-hybridized carbons (Fsp3) is 1.00. The van der Waals surface area contributed by atoms with Gasteiger partial charge >= 0.3 is 0 Å². The first-order valence-corrected chi connectivity index (χ1v) is 3.71. The minimum absolute atomic E-state index is 0.115. The molecule has 0 aromatic carbocycles. The second-order valence-corrected chi connectivity index (χ2v) is 2.78. The summed E-state index contributed by atoms with van der Waals surface area (Å²) in [7, 11) is 0. The number of ether oxygens (including phenoxy) is 1. The van der Waals surface area contributed by atoms with E-state index in [9.17, 15) is 0 Å². The van der Waals surface area contributed by atoms with Crippen LogP contribution in [0, 0.1) is 5.92 Å². The summed E-state index contributed by atoms with van der Waals surface area (Å²) in [6.07, 6.45) is 0.484. The fourth-order valence-electron chi connectivity index (χ4n) is 1.25. The summed E-state index contributed by atoms with van der Waals surface area (Å²) in [5, 5.41) is 18.2. The lowest BCUT2D eigenvalue weighted by atomic mass is 9.96. The lowest BCUT2D eigenvalue weighted by molar-refractivity contribution is -0.189. The third-order valence-corrected chi connectivity index (χ3v) is 1.96. The van der Waals surface area contributed by atoms with Crippen molar-refractivity contribution in [3.05, 3.63) is 0 Å². The van der Waals surface area contributed by atoms with Gasteiger partial charge in [-0.05, 0) is 12.8 Å². The van der Waals surface area contributed by atoms with Gasteiger partial charge in [0.2, 0.25) is 0 Å². The first-order valence-electron chi connectivity index (χ1n) is 3.71. The molecule has 2 N–H and O–H groups in total. The van der Waals surface area contributed by atoms with Crippen molar-refractivity contribution in [1.29, 1.82) is 0 Å². The Labute approximate surface area is 60.6 Å². The van der Waals surface area contributed by atoms with E-state index in [4.69, 9.17) is 14.9 Å². The van der Waals surface area contributed by atoms with Gasteiger partial charge in [0, 0.05) is 5.92 Å². The van der Waals surface area contributed by atoms with Gasteiger partial charge in [0.05, 0.1) is 12.7 Å². The molecule has 3 atom stereocenters. The van der Waals surface area contributed by atoms with Crippen molar-refractivity contribution in [2.45, 2.75) is 32.2 Å². The van der Waals surface area contributed by atoms with Crippen LogP contribution in [0.5, 0.6) is 0 Å². The minimum Gasteiger partial charge on any atom is -0.391 e. The Bertz CT molecular complexity index is 105. The average Bonchev–Trinajstić information content (AvgIpc) is 1.94. The third kappa shape index (κ3) is 1.68. The van der Waals surface area contributed by atoms with Gasteiger partial charge in [0.1, 0.15) is 0 Å². The van der Waals surface area contributed by atoms with E-state index < -0.39 is 6.29 Å². The molecule has 0 radical (unpaired) electrons. The van der Waals surface area contributed by atoms with Crippen LogP contribution in [0.4, 0.5) is 0 Å². The Hall–Kier alpha value is -0.120. The number of aliphatic hydroxyl groups is 2. The molecular formula is C7H14O3. The zero-order valence-electron chi connectivity index (χ0n) is 6.16. The van der Waals surface area contributed by atoms with Crippen molar-refractivity contribution < 1.29 is 14.9 Å². The minimum atomic E-state index is -0.659. The van der Waals surface area contributed by atoms with E-state index in [0.29, 0.717) is 6.42 Å². The first-order chi connectivity index (χ1) is 4.74. The van der Waals surface area contributed by atoms with Crippen LogP contribution < -0.4 is 0 Å². The van der Waals surface area contributed by atoms with Gasteiger partial charge in [0.25, 0.3) is 0 Å². The molecule has 0 aromatic heterocycles. The molecule has 1 rings (SSSR count). The highest BCUT2D eigenvalue weighted by Crippen LogP contribution is 2.21. The van der Waals surface area contributed by atoms with Crippen molar-refractivity contribution in [2.75, 3.05) is 6.61 Å². The van der Waals surface area contributed by atoms with Crippen molar-refractivity contribution in [3.63, 3.8) is 0 Å². The Kier molecular flexibility index (Phi) is 2.65. The number of aliphatic hydroxyl groups excluding tert-OH is 2. The number of hydrogen-bond donors (Lipinski definition) is 2. The van der Waals surface area contributed by atoms with Gasteiger partial charge < -0.3 is 14.9 Å². The van der Waals surface area contributed by atoms with E-state index >= 15 is 0 Å². The largest absolute Gasteiger partial charge is 0.391 e. The average molecular weight is 146 g/mol. The predicted octanol–water partition coefficient (Wildman–Crippen LogP) is 0.112. The molecule has 3 heteroatoms. The molecule has 0 amide bonds. The molecule has 3 nitrogen and oxygen atoms in total. The number of rotatable bonds is 1. The van der Waals surface area contributed by atoms with E-state index in [1.165, 1.54) is 0 Å². The lowest BCUT2D eigenvalue weighted by Crippen LogP contribution is -2.36. The van der Waals surface area contributed by atoms with Gasteiger partial charge in [-0.1, -0.05) is 6.92 Å². The molecule has 0 bridgehead atoms. The Balaban J connectivity index is 2.38. The van der Waals surface area contributed by atoms with Crippen LogP contribution in [0.1, 0.15) is 19.8 Å². The Morgan fingerprint density at radius 1 is 1.50 bits per heavy atom.